The molecule has 0 saturated heterocycles. The Kier molecular flexibility index (Phi) is 12.0. The summed E-state index contributed by atoms with van der Waals surface area (Å²) in [5, 5.41) is 16.4. The Hall–Kier alpha value is -2.89. The second-order valence-electron chi connectivity index (χ2n) is 7.10. The van der Waals surface area contributed by atoms with Crippen LogP contribution < -0.4 is 33.2 Å². The maximum absolute atomic E-state index is 12.4. The molecule has 0 aromatic heterocycles. The van der Waals surface area contributed by atoms with Crippen LogP contribution in [0.2, 0.25) is 0 Å². The van der Waals surface area contributed by atoms with E-state index >= 15 is 0 Å². The molecule has 0 aromatic carbocycles. The molecule has 0 fully saturated rings. The van der Waals surface area contributed by atoms with Gasteiger partial charge in [0.2, 0.25) is 17.7 Å². The molecule has 0 saturated carbocycles. The van der Waals surface area contributed by atoms with E-state index in [1.165, 1.54) is 6.92 Å². The first kappa shape index (κ1) is 26.1. The van der Waals surface area contributed by atoms with Gasteiger partial charge in [-0.1, -0.05) is 13.8 Å². The lowest BCUT2D eigenvalue weighted by Gasteiger charge is -2.20. The molecule has 10 N–H and O–H groups in total. The summed E-state index contributed by atoms with van der Waals surface area (Å²) in [5.41, 5.74) is 16.0. The molecule has 0 aromatic rings. The summed E-state index contributed by atoms with van der Waals surface area (Å²) in [4.78, 5) is 51.2. The summed E-state index contributed by atoms with van der Waals surface area (Å²) in [6.45, 7) is 4.96. The number of amides is 3. The van der Waals surface area contributed by atoms with Crippen molar-refractivity contribution in [3.63, 3.8) is 0 Å². The lowest BCUT2D eigenvalue weighted by Crippen LogP contribution is -2.53. The first-order valence-electron chi connectivity index (χ1n) is 9.35. The van der Waals surface area contributed by atoms with Gasteiger partial charge in [0.25, 0.3) is 0 Å². The van der Waals surface area contributed by atoms with Crippen molar-refractivity contribution >= 4 is 29.7 Å². The first-order chi connectivity index (χ1) is 13.4. The molecule has 0 rings (SSSR count). The van der Waals surface area contributed by atoms with Crippen LogP contribution in [0.15, 0.2) is 4.99 Å². The highest BCUT2D eigenvalue weighted by atomic mass is 16.4. The number of rotatable bonds is 13. The Morgan fingerprint density at radius 2 is 1.62 bits per heavy atom. The zero-order valence-corrected chi connectivity index (χ0v) is 17.1. The third-order valence-corrected chi connectivity index (χ3v) is 3.76. The topological polar surface area (TPSA) is 215 Å². The van der Waals surface area contributed by atoms with Crippen LogP contribution in [0, 0.1) is 5.92 Å². The lowest BCUT2D eigenvalue weighted by molar-refractivity contribution is -0.142. The van der Waals surface area contributed by atoms with E-state index < -0.39 is 48.4 Å². The number of nitrogens with one attached hydrogen (secondary N) is 3. The van der Waals surface area contributed by atoms with Gasteiger partial charge in [-0.2, -0.15) is 0 Å². The van der Waals surface area contributed by atoms with Crippen molar-refractivity contribution in [1.82, 2.24) is 16.0 Å². The summed E-state index contributed by atoms with van der Waals surface area (Å²) in [5.74, 6) is -2.95. The van der Waals surface area contributed by atoms with Crippen LogP contribution in [0.5, 0.6) is 0 Å². The molecule has 0 aliphatic heterocycles. The van der Waals surface area contributed by atoms with Gasteiger partial charge in [0.1, 0.15) is 12.1 Å². The van der Waals surface area contributed by atoms with Gasteiger partial charge in [-0.05, 0) is 32.1 Å². The fraction of sp³-hybridized carbons (Fsp3) is 0.706. The average molecular weight is 415 g/mol. The molecule has 0 spiro atoms. The Morgan fingerprint density at radius 3 is 2.10 bits per heavy atom. The van der Waals surface area contributed by atoms with Crippen molar-refractivity contribution in [3.8, 4) is 0 Å². The van der Waals surface area contributed by atoms with Crippen molar-refractivity contribution in [2.45, 2.75) is 58.2 Å². The van der Waals surface area contributed by atoms with Gasteiger partial charge in [0.15, 0.2) is 5.96 Å². The molecule has 0 aliphatic carbocycles. The highest BCUT2D eigenvalue weighted by Crippen LogP contribution is 2.05. The van der Waals surface area contributed by atoms with E-state index in [1.807, 2.05) is 13.8 Å². The maximum Gasteiger partial charge on any atom is 0.326 e. The summed E-state index contributed by atoms with van der Waals surface area (Å²) >= 11 is 0. The molecule has 0 radical (unpaired) electrons. The van der Waals surface area contributed by atoms with E-state index in [0.717, 1.165) is 0 Å². The standard InChI is InChI=1S/C17H33N7O5/c1-9(2)7-12(16(28)29)23-13(25)8-22-15(27)11(24-14(26)10(3)18)5-4-6-21-17(19)20/h9-12H,4-8,18H2,1-3H3,(H,22,27)(H,23,25)(H,24,26)(H,28,29)(H4,19,20,21). The van der Waals surface area contributed by atoms with Gasteiger partial charge < -0.3 is 38.3 Å². The monoisotopic (exact) mass is 415 g/mol. The van der Waals surface area contributed by atoms with Crippen molar-refractivity contribution in [2.75, 3.05) is 13.1 Å². The van der Waals surface area contributed by atoms with Crippen LogP contribution in [-0.4, -0.2) is 66.0 Å². The minimum Gasteiger partial charge on any atom is -0.480 e. The molecule has 0 heterocycles. The van der Waals surface area contributed by atoms with Crippen molar-refractivity contribution in [2.24, 2.45) is 28.1 Å². The van der Waals surface area contributed by atoms with Gasteiger partial charge in [-0.25, -0.2) is 4.79 Å². The lowest BCUT2D eigenvalue weighted by atomic mass is 10.0. The number of hydrogen-bond acceptors (Lipinski definition) is 6. The molecule has 12 heteroatoms. The Balaban J connectivity index is 4.79. The van der Waals surface area contributed by atoms with Crippen LogP contribution >= 0.6 is 0 Å². The van der Waals surface area contributed by atoms with Crippen LogP contribution in [-0.2, 0) is 19.2 Å². The zero-order valence-electron chi connectivity index (χ0n) is 17.1. The fourth-order valence-electron chi connectivity index (χ4n) is 2.30. The molecular formula is C17H33N7O5. The van der Waals surface area contributed by atoms with Crippen molar-refractivity contribution in [1.29, 1.82) is 0 Å². The van der Waals surface area contributed by atoms with Crippen LogP contribution in [0.4, 0.5) is 0 Å². The van der Waals surface area contributed by atoms with E-state index in [1.54, 1.807) is 0 Å². The Morgan fingerprint density at radius 1 is 1.00 bits per heavy atom. The van der Waals surface area contributed by atoms with Crippen LogP contribution in [0.25, 0.3) is 0 Å². The third-order valence-electron chi connectivity index (χ3n) is 3.76. The molecule has 29 heavy (non-hydrogen) atoms. The van der Waals surface area contributed by atoms with E-state index in [-0.39, 0.29) is 31.3 Å². The van der Waals surface area contributed by atoms with E-state index in [0.29, 0.717) is 6.42 Å². The smallest absolute Gasteiger partial charge is 0.326 e. The highest BCUT2D eigenvalue weighted by Gasteiger charge is 2.24. The first-order valence-corrected chi connectivity index (χ1v) is 9.35. The number of aliphatic imine (C=N–C) groups is 1. The number of carbonyl (C=O) groups excluding carboxylic acids is 3. The van der Waals surface area contributed by atoms with Gasteiger partial charge in [0.05, 0.1) is 12.6 Å². The number of carboxylic acids is 1. The number of carbonyl (C=O) groups is 4. The number of nitrogens with zero attached hydrogens (tertiary/aromatic N) is 1. The summed E-state index contributed by atoms with van der Waals surface area (Å²) in [7, 11) is 0. The summed E-state index contributed by atoms with van der Waals surface area (Å²) in [6.07, 6.45) is 0.873. The molecular weight excluding hydrogens is 382 g/mol. The number of hydrogen-bond donors (Lipinski definition) is 7. The molecule has 3 unspecified atom stereocenters. The fourth-order valence-corrected chi connectivity index (χ4v) is 2.30. The second kappa shape index (κ2) is 13.3. The largest absolute Gasteiger partial charge is 0.480 e. The van der Waals surface area contributed by atoms with Gasteiger partial charge in [0, 0.05) is 6.54 Å². The van der Waals surface area contributed by atoms with Gasteiger partial charge in [-0.3, -0.25) is 19.4 Å². The molecule has 166 valence electrons. The molecule has 3 amide bonds. The maximum atomic E-state index is 12.4. The van der Waals surface area contributed by atoms with E-state index in [4.69, 9.17) is 22.3 Å². The molecule has 0 aliphatic rings. The van der Waals surface area contributed by atoms with Crippen molar-refractivity contribution < 1.29 is 24.3 Å². The number of guanidine groups is 1. The normalized spacial score (nSPS) is 13.7. The SMILES string of the molecule is CC(C)CC(NC(=O)CNC(=O)C(CCCN=C(N)N)NC(=O)C(C)N)C(=O)O. The second-order valence-corrected chi connectivity index (χ2v) is 7.10. The van der Waals surface area contributed by atoms with Crippen LogP contribution in [0.1, 0.15) is 40.0 Å². The number of carboxylic acid groups (broad SMARTS) is 1. The molecule has 3 atom stereocenters. The quantitative estimate of drug-likeness (QED) is 0.0975. The third kappa shape index (κ3) is 12.2. The summed E-state index contributed by atoms with van der Waals surface area (Å²) < 4.78 is 0. The van der Waals surface area contributed by atoms with Crippen molar-refractivity contribution in [3.05, 3.63) is 0 Å². The highest BCUT2D eigenvalue weighted by molar-refractivity contribution is 5.92. The van der Waals surface area contributed by atoms with E-state index in [2.05, 4.69) is 20.9 Å². The number of nitrogens with two attached hydrogens (primary N) is 3. The molecule has 12 nitrogen and oxygen atoms in total. The van der Waals surface area contributed by atoms with Gasteiger partial charge in [-0.15, -0.1) is 0 Å². The Bertz CT molecular complexity index is 603. The summed E-state index contributed by atoms with van der Waals surface area (Å²) in [6, 6.07) is -2.81. The molecule has 0 bridgehead atoms. The predicted octanol–water partition coefficient (Wildman–Crippen LogP) is -2.40. The number of aliphatic carboxylic acids is 1. The Labute approximate surface area is 170 Å². The van der Waals surface area contributed by atoms with Crippen LogP contribution in [0.3, 0.4) is 0 Å². The zero-order chi connectivity index (χ0) is 22.6. The minimum atomic E-state index is -1.15. The van der Waals surface area contributed by atoms with E-state index in [9.17, 15) is 19.2 Å². The minimum absolute atomic E-state index is 0.0639. The van der Waals surface area contributed by atoms with Gasteiger partial charge >= 0.3 is 5.97 Å². The predicted molar refractivity (Wildman–Crippen MR) is 108 cm³/mol. The average Bonchev–Trinajstić information content (AvgIpc) is 2.60.